The number of carbonyl (C=O) groups excluding carboxylic acids is 1. The number of nitrogens with zero attached hydrogens (tertiary/aromatic N) is 1. The molecule has 3 heteroatoms. The van der Waals surface area contributed by atoms with Crippen LogP contribution < -0.4 is 5.32 Å². The van der Waals surface area contributed by atoms with Crippen LogP contribution in [0.2, 0.25) is 0 Å². The summed E-state index contributed by atoms with van der Waals surface area (Å²) in [5, 5.41) is 11.2. The fraction of sp³-hybridized carbons (Fsp3) is 0.125. The molecule has 0 radical (unpaired) electrons. The molecule has 3 nitrogen and oxygen atoms in total. The fourth-order valence-electron chi connectivity index (χ4n) is 2.01. The highest BCUT2D eigenvalue weighted by atomic mass is 16.1. The zero-order valence-electron chi connectivity index (χ0n) is 10.4. The number of amides is 1. The Hall–Kier alpha value is -2.60. The van der Waals surface area contributed by atoms with E-state index >= 15 is 0 Å². The molecule has 0 aliphatic heterocycles. The Morgan fingerprint density at radius 1 is 1.00 bits per heavy atom. The van der Waals surface area contributed by atoms with E-state index in [4.69, 9.17) is 5.26 Å². The van der Waals surface area contributed by atoms with Gasteiger partial charge in [-0.15, -0.1) is 0 Å². The number of nitriles is 1. The van der Waals surface area contributed by atoms with E-state index in [9.17, 15) is 4.79 Å². The summed E-state index contributed by atoms with van der Waals surface area (Å²) in [4.78, 5) is 12.2. The third-order valence-electron chi connectivity index (χ3n) is 2.87. The minimum Gasteiger partial charge on any atom is -0.342 e. The number of benzene rings is 2. The molecule has 0 bridgehead atoms. The van der Waals surface area contributed by atoms with Gasteiger partial charge in [-0.1, -0.05) is 60.7 Å². The molecule has 0 aromatic heterocycles. The van der Waals surface area contributed by atoms with Gasteiger partial charge in [-0.3, -0.25) is 4.79 Å². The van der Waals surface area contributed by atoms with Crippen molar-refractivity contribution in [2.24, 2.45) is 0 Å². The van der Waals surface area contributed by atoms with Gasteiger partial charge in [0.15, 0.2) is 0 Å². The van der Waals surface area contributed by atoms with Crippen molar-refractivity contribution < 1.29 is 4.79 Å². The van der Waals surface area contributed by atoms with Crippen LogP contribution in [0.15, 0.2) is 60.7 Å². The molecule has 0 saturated heterocycles. The van der Waals surface area contributed by atoms with Gasteiger partial charge in [-0.05, 0) is 11.1 Å². The maximum absolute atomic E-state index is 12.2. The predicted molar refractivity (Wildman–Crippen MR) is 73.3 cm³/mol. The third-order valence-corrected chi connectivity index (χ3v) is 2.87. The van der Waals surface area contributed by atoms with E-state index in [0.29, 0.717) is 0 Å². The Kier molecular flexibility index (Phi) is 4.30. The summed E-state index contributed by atoms with van der Waals surface area (Å²) in [6.45, 7) is 0.0228. The van der Waals surface area contributed by atoms with Crippen LogP contribution in [-0.2, 0) is 4.79 Å². The van der Waals surface area contributed by atoms with E-state index in [-0.39, 0.29) is 18.4 Å². The highest BCUT2D eigenvalue weighted by molar-refractivity contribution is 5.87. The lowest BCUT2D eigenvalue weighted by molar-refractivity contribution is -0.121. The highest BCUT2D eigenvalue weighted by Crippen LogP contribution is 2.24. The van der Waals surface area contributed by atoms with Crippen molar-refractivity contribution in [3.8, 4) is 6.07 Å². The summed E-state index contributed by atoms with van der Waals surface area (Å²) in [7, 11) is 0. The Morgan fingerprint density at radius 2 is 1.47 bits per heavy atom. The first-order valence-corrected chi connectivity index (χ1v) is 6.07. The molecule has 1 amide bonds. The molecule has 19 heavy (non-hydrogen) atoms. The van der Waals surface area contributed by atoms with Gasteiger partial charge in [0.05, 0.1) is 12.0 Å². The van der Waals surface area contributed by atoms with Crippen molar-refractivity contribution in [1.82, 2.24) is 5.32 Å². The topological polar surface area (TPSA) is 52.9 Å². The Morgan fingerprint density at radius 3 is 1.89 bits per heavy atom. The summed E-state index contributed by atoms with van der Waals surface area (Å²) in [6, 6.07) is 21.1. The van der Waals surface area contributed by atoms with Crippen LogP contribution >= 0.6 is 0 Å². The van der Waals surface area contributed by atoms with E-state index in [1.807, 2.05) is 66.7 Å². The fourth-order valence-corrected chi connectivity index (χ4v) is 2.01. The number of hydrogen-bond donors (Lipinski definition) is 1. The SMILES string of the molecule is N#CCNC(=O)C(c1ccccc1)c1ccccc1. The van der Waals surface area contributed by atoms with Crippen molar-refractivity contribution in [1.29, 1.82) is 5.26 Å². The number of carbonyl (C=O) groups is 1. The van der Waals surface area contributed by atoms with Crippen LogP contribution in [0.3, 0.4) is 0 Å². The molecule has 0 aliphatic rings. The first-order chi connectivity index (χ1) is 9.33. The lowest BCUT2D eigenvalue weighted by Gasteiger charge is -2.16. The average Bonchev–Trinajstić information content (AvgIpc) is 2.47. The second kappa shape index (κ2) is 6.36. The predicted octanol–water partition coefficient (Wildman–Crippen LogP) is 2.46. The van der Waals surface area contributed by atoms with Crippen molar-refractivity contribution in [3.05, 3.63) is 71.8 Å². The van der Waals surface area contributed by atoms with Crippen LogP contribution in [0.4, 0.5) is 0 Å². The first-order valence-electron chi connectivity index (χ1n) is 6.07. The summed E-state index contributed by atoms with van der Waals surface area (Å²) < 4.78 is 0. The third kappa shape index (κ3) is 3.20. The molecule has 2 rings (SSSR count). The molecular weight excluding hydrogens is 236 g/mol. The van der Waals surface area contributed by atoms with Crippen LogP contribution in [0.1, 0.15) is 17.0 Å². The molecule has 2 aromatic carbocycles. The quantitative estimate of drug-likeness (QED) is 0.847. The summed E-state index contributed by atoms with van der Waals surface area (Å²) in [5.74, 6) is -0.533. The molecule has 0 aliphatic carbocycles. The molecule has 94 valence electrons. The van der Waals surface area contributed by atoms with Crippen molar-refractivity contribution in [2.45, 2.75) is 5.92 Å². The molecule has 0 fully saturated rings. The molecular formula is C16H14N2O. The number of hydrogen-bond acceptors (Lipinski definition) is 2. The molecule has 1 N–H and O–H groups in total. The number of rotatable bonds is 4. The minimum absolute atomic E-state index is 0.0228. The van der Waals surface area contributed by atoms with Crippen molar-refractivity contribution in [2.75, 3.05) is 6.54 Å². The monoisotopic (exact) mass is 250 g/mol. The lowest BCUT2D eigenvalue weighted by atomic mass is 9.90. The van der Waals surface area contributed by atoms with Crippen LogP contribution in [0, 0.1) is 11.3 Å². The van der Waals surface area contributed by atoms with Gasteiger partial charge in [0.1, 0.15) is 6.54 Å². The van der Waals surface area contributed by atoms with Gasteiger partial charge in [-0.25, -0.2) is 0 Å². The number of nitrogens with one attached hydrogen (secondary N) is 1. The molecule has 0 atom stereocenters. The van der Waals surface area contributed by atoms with E-state index in [1.165, 1.54) is 0 Å². The zero-order valence-corrected chi connectivity index (χ0v) is 10.4. The summed E-state index contributed by atoms with van der Waals surface area (Å²) >= 11 is 0. The van der Waals surface area contributed by atoms with Gasteiger partial charge >= 0.3 is 0 Å². The van der Waals surface area contributed by atoms with Gasteiger partial charge < -0.3 is 5.32 Å². The maximum Gasteiger partial charge on any atom is 0.232 e. The first kappa shape index (κ1) is 12.8. The zero-order chi connectivity index (χ0) is 13.5. The Bertz CT molecular complexity index is 533. The normalized spacial score (nSPS) is 9.89. The van der Waals surface area contributed by atoms with Crippen LogP contribution in [0.5, 0.6) is 0 Å². The molecule has 0 heterocycles. The van der Waals surface area contributed by atoms with E-state index < -0.39 is 0 Å². The minimum atomic E-state index is -0.379. The molecule has 0 spiro atoms. The largest absolute Gasteiger partial charge is 0.342 e. The van der Waals surface area contributed by atoms with E-state index in [2.05, 4.69) is 5.32 Å². The average molecular weight is 250 g/mol. The van der Waals surface area contributed by atoms with Gasteiger partial charge in [0, 0.05) is 0 Å². The van der Waals surface area contributed by atoms with E-state index in [0.717, 1.165) is 11.1 Å². The van der Waals surface area contributed by atoms with Crippen molar-refractivity contribution in [3.63, 3.8) is 0 Å². The summed E-state index contributed by atoms with van der Waals surface area (Å²) in [6.07, 6.45) is 0. The van der Waals surface area contributed by atoms with Gasteiger partial charge in [-0.2, -0.15) is 5.26 Å². The molecule has 0 unspecified atom stereocenters. The maximum atomic E-state index is 12.2. The standard InChI is InChI=1S/C16H14N2O/c17-11-12-18-16(19)15(13-7-3-1-4-8-13)14-9-5-2-6-10-14/h1-10,15H,12H2,(H,18,19). The van der Waals surface area contributed by atoms with Crippen LogP contribution in [0.25, 0.3) is 0 Å². The van der Waals surface area contributed by atoms with E-state index in [1.54, 1.807) is 0 Å². The summed E-state index contributed by atoms with van der Waals surface area (Å²) in [5.41, 5.74) is 1.84. The Balaban J connectivity index is 2.35. The van der Waals surface area contributed by atoms with Crippen LogP contribution in [-0.4, -0.2) is 12.5 Å². The molecule has 0 saturated carbocycles. The lowest BCUT2D eigenvalue weighted by Crippen LogP contribution is -2.30. The second-order valence-electron chi connectivity index (χ2n) is 4.13. The second-order valence-corrected chi connectivity index (χ2v) is 4.13. The highest BCUT2D eigenvalue weighted by Gasteiger charge is 2.21. The van der Waals surface area contributed by atoms with Crippen molar-refractivity contribution >= 4 is 5.91 Å². The smallest absolute Gasteiger partial charge is 0.232 e. The van der Waals surface area contributed by atoms with Gasteiger partial charge in [0.2, 0.25) is 5.91 Å². The van der Waals surface area contributed by atoms with Gasteiger partial charge in [0.25, 0.3) is 0 Å². The molecule has 2 aromatic rings. The Labute approximate surface area is 112 Å².